The third-order valence-corrected chi connectivity index (χ3v) is 8.05. The Morgan fingerprint density at radius 2 is 1.74 bits per heavy atom. The minimum absolute atomic E-state index is 0.0500. The van der Waals surface area contributed by atoms with Crippen molar-refractivity contribution in [2.24, 2.45) is 5.92 Å². The van der Waals surface area contributed by atoms with E-state index in [2.05, 4.69) is 5.32 Å². The van der Waals surface area contributed by atoms with E-state index in [1.165, 1.54) is 34.6 Å². The first-order valence-corrected chi connectivity index (χ1v) is 12.8. The molecule has 1 aromatic carbocycles. The number of carbonyl (C=O) groups excluding carboxylic acids is 2. The zero-order chi connectivity index (χ0) is 24.0. The predicted octanol–water partition coefficient (Wildman–Crippen LogP) is 1.98. The maximum atomic E-state index is 12.7. The van der Waals surface area contributed by atoms with E-state index in [4.69, 9.17) is 9.15 Å². The van der Waals surface area contributed by atoms with Crippen molar-refractivity contribution in [3.63, 3.8) is 0 Å². The monoisotopic (exact) mass is 487 g/mol. The lowest BCUT2D eigenvalue weighted by atomic mass is 9.96. The summed E-state index contributed by atoms with van der Waals surface area (Å²) in [6, 6.07) is 9.58. The Morgan fingerprint density at radius 3 is 2.38 bits per heavy atom. The van der Waals surface area contributed by atoms with Gasteiger partial charge in [0.2, 0.25) is 15.9 Å². The van der Waals surface area contributed by atoms with Gasteiger partial charge in [0.05, 0.1) is 24.4 Å². The van der Waals surface area contributed by atoms with Gasteiger partial charge >= 0.3 is 0 Å². The first-order valence-electron chi connectivity index (χ1n) is 11.4. The number of rotatable bonds is 7. The summed E-state index contributed by atoms with van der Waals surface area (Å²) in [6.45, 7) is 3.20. The second kappa shape index (κ2) is 11.0. The van der Waals surface area contributed by atoms with Gasteiger partial charge in [0.1, 0.15) is 5.76 Å². The summed E-state index contributed by atoms with van der Waals surface area (Å²) in [5, 5.41) is 2.93. The normalized spacial score (nSPS) is 18.3. The highest BCUT2D eigenvalue weighted by molar-refractivity contribution is 7.89. The minimum Gasteiger partial charge on any atom is -0.465 e. The molecule has 1 N–H and O–H groups in total. The first-order chi connectivity index (χ1) is 16.4. The standard InChI is InChI=1S/C24H29N3O6S/c28-23(8-5-21-2-1-15-33-21)26-11-9-19(10-12-26)18-25-24(29)20-3-6-22(7-4-20)34(30,31)27-13-16-32-17-14-27/h1-8,15,19H,9-14,16-18H2,(H,25,29)/b8-5+. The average Bonchev–Trinajstić information content (AvgIpc) is 3.40. The highest BCUT2D eigenvalue weighted by Crippen LogP contribution is 2.19. The van der Waals surface area contributed by atoms with Gasteiger partial charge in [-0.2, -0.15) is 4.31 Å². The number of sulfonamides is 1. The highest BCUT2D eigenvalue weighted by atomic mass is 32.2. The Bertz CT molecular complexity index is 1100. The summed E-state index contributed by atoms with van der Waals surface area (Å²) in [7, 11) is -3.58. The van der Waals surface area contributed by atoms with E-state index in [1.807, 2.05) is 0 Å². The zero-order valence-electron chi connectivity index (χ0n) is 18.9. The Labute approximate surface area is 199 Å². The van der Waals surface area contributed by atoms with Crippen LogP contribution in [0.15, 0.2) is 58.1 Å². The van der Waals surface area contributed by atoms with Crippen molar-refractivity contribution in [1.82, 2.24) is 14.5 Å². The molecular weight excluding hydrogens is 458 g/mol. The third-order valence-electron chi connectivity index (χ3n) is 6.14. The fourth-order valence-corrected chi connectivity index (χ4v) is 5.46. The van der Waals surface area contributed by atoms with Crippen LogP contribution in [0.4, 0.5) is 0 Å². The van der Waals surface area contributed by atoms with Gasteiger partial charge in [-0.3, -0.25) is 9.59 Å². The van der Waals surface area contributed by atoms with Crippen molar-refractivity contribution in [3.8, 4) is 0 Å². The third kappa shape index (κ3) is 5.94. The number of nitrogens with one attached hydrogen (secondary N) is 1. The van der Waals surface area contributed by atoms with Gasteiger partial charge < -0.3 is 19.4 Å². The van der Waals surface area contributed by atoms with Gasteiger partial charge in [-0.05, 0) is 61.2 Å². The average molecular weight is 488 g/mol. The van der Waals surface area contributed by atoms with Crippen LogP contribution in [-0.4, -0.2) is 75.4 Å². The van der Waals surface area contributed by atoms with Crippen LogP contribution in [0.1, 0.15) is 29.0 Å². The Morgan fingerprint density at radius 1 is 1.03 bits per heavy atom. The summed E-state index contributed by atoms with van der Waals surface area (Å²) >= 11 is 0. The number of benzene rings is 1. The van der Waals surface area contributed by atoms with Crippen LogP contribution >= 0.6 is 0 Å². The van der Waals surface area contributed by atoms with E-state index in [0.717, 1.165) is 12.8 Å². The van der Waals surface area contributed by atoms with E-state index in [0.29, 0.717) is 57.3 Å². The molecule has 2 aromatic rings. The van der Waals surface area contributed by atoms with Crippen LogP contribution in [0.3, 0.4) is 0 Å². The number of ether oxygens (including phenoxy) is 1. The zero-order valence-corrected chi connectivity index (χ0v) is 19.7. The second-order valence-electron chi connectivity index (χ2n) is 8.37. The maximum Gasteiger partial charge on any atom is 0.251 e. The minimum atomic E-state index is -3.58. The number of carbonyl (C=O) groups is 2. The van der Waals surface area contributed by atoms with Crippen molar-refractivity contribution >= 4 is 27.9 Å². The number of piperidine rings is 1. The van der Waals surface area contributed by atoms with E-state index >= 15 is 0 Å². The van der Waals surface area contributed by atoms with Crippen molar-refractivity contribution in [2.45, 2.75) is 17.7 Å². The number of amides is 2. The molecule has 0 saturated carbocycles. The smallest absolute Gasteiger partial charge is 0.251 e. The molecule has 10 heteroatoms. The molecule has 34 heavy (non-hydrogen) atoms. The molecule has 0 aliphatic carbocycles. The number of morpholine rings is 1. The lowest BCUT2D eigenvalue weighted by molar-refractivity contribution is -0.127. The molecule has 0 unspecified atom stereocenters. The van der Waals surface area contributed by atoms with Gasteiger partial charge in [-0.25, -0.2) is 8.42 Å². The molecule has 1 aromatic heterocycles. The molecule has 2 aliphatic heterocycles. The molecule has 182 valence electrons. The second-order valence-corrected chi connectivity index (χ2v) is 10.3. The Balaban J connectivity index is 1.23. The number of nitrogens with zero attached hydrogens (tertiary/aromatic N) is 2. The summed E-state index contributed by atoms with van der Waals surface area (Å²) < 4.78 is 37.2. The van der Waals surface area contributed by atoms with Crippen LogP contribution in [0.2, 0.25) is 0 Å². The fourth-order valence-electron chi connectivity index (χ4n) is 4.06. The summed E-state index contributed by atoms with van der Waals surface area (Å²) in [5.41, 5.74) is 0.414. The van der Waals surface area contributed by atoms with Gasteiger partial charge in [0.25, 0.3) is 5.91 Å². The lowest BCUT2D eigenvalue weighted by Gasteiger charge is -2.31. The number of hydrogen-bond acceptors (Lipinski definition) is 6. The van der Waals surface area contributed by atoms with Gasteiger partial charge in [-0.1, -0.05) is 0 Å². The molecule has 9 nitrogen and oxygen atoms in total. The SMILES string of the molecule is O=C(NCC1CCN(C(=O)/C=C/c2ccco2)CC1)c1ccc(S(=O)(=O)N2CCOCC2)cc1. The Kier molecular flexibility index (Phi) is 7.81. The van der Waals surface area contributed by atoms with Gasteiger partial charge in [-0.15, -0.1) is 0 Å². The Hall–Kier alpha value is -2.95. The summed E-state index contributed by atoms with van der Waals surface area (Å²) in [5.74, 6) is 0.627. The van der Waals surface area contributed by atoms with Crippen molar-refractivity contribution < 1.29 is 27.2 Å². The van der Waals surface area contributed by atoms with Crippen LogP contribution in [0.5, 0.6) is 0 Å². The van der Waals surface area contributed by atoms with Crippen LogP contribution in [-0.2, 0) is 19.6 Å². The molecule has 2 fully saturated rings. The van der Waals surface area contributed by atoms with E-state index in [9.17, 15) is 18.0 Å². The van der Waals surface area contributed by atoms with Crippen LogP contribution in [0, 0.1) is 5.92 Å². The summed E-state index contributed by atoms with van der Waals surface area (Å²) in [6.07, 6.45) is 6.34. The quantitative estimate of drug-likeness (QED) is 0.598. The molecule has 2 aliphatic rings. The molecule has 4 rings (SSSR count). The molecular formula is C24H29N3O6S. The molecule has 0 radical (unpaired) electrons. The number of hydrogen-bond donors (Lipinski definition) is 1. The largest absolute Gasteiger partial charge is 0.465 e. The molecule has 0 atom stereocenters. The number of likely N-dealkylation sites (tertiary alicyclic amines) is 1. The highest BCUT2D eigenvalue weighted by Gasteiger charge is 2.26. The maximum absolute atomic E-state index is 12.7. The molecule has 3 heterocycles. The topological polar surface area (TPSA) is 109 Å². The molecule has 0 bridgehead atoms. The number of furan rings is 1. The van der Waals surface area contributed by atoms with Crippen molar-refractivity contribution in [1.29, 1.82) is 0 Å². The molecule has 2 saturated heterocycles. The van der Waals surface area contributed by atoms with Gasteiger partial charge in [0.15, 0.2) is 0 Å². The van der Waals surface area contributed by atoms with E-state index < -0.39 is 10.0 Å². The van der Waals surface area contributed by atoms with E-state index in [1.54, 1.807) is 29.4 Å². The summed E-state index contributed by atoms with van der Waals surface area (Å²) in [4.78, 5) is 26.8. The van der Waals surface area contributed by atoms with Crippen molar-refractivity contribution in [2.75, 3.05) is 45.9 Å². The lowest BCUT2D eigenvalue weighted by Crippen LogP contribution is -2.41. The molecule has 2 amide bonds. The predicted molar refractivity (Wildman–Crippen MR) is 125 cm³/mol. The van der Waals surface area contributed by atoms with Gasteiger partial charge in [0, 0.05) is 44.4 Å². The van der Waals surface area contributed by atoms with E-state index in [-0.39, 0.29) is 22.6 Å². The van der Waals surface area contributed by atoms with Crippen LogP contribution in [0.25, 0.3) is 6.08 Å². The fraction of sp³-hybridized carbons (Fsp3) is 0.417. The molecule has 0 spiro atoms. The first kappa shape index (κ1) is 24.2. The van der Waals surface area contributed by atoms with Crippen molar-refractivity contribution in [3.05, 3.63) is 60.1 Å². The van der Waals surface area contributed by atoms with Crippen LogP contribution < -0.4 is 5.32 Å².